The number of hydrogen-bond acceptors (Lipinski definition) is 8. The van der Waals surface area contributed by atoms with Gasteiger partial charge in [0.1, 0.15) is 0 Å². The van der Waals surface area contributed by atoms with Gasteiger partial charge in [0.15, 0.2) is 5.65 Å². The first kappa shape index (κ1) is 25.9. The molecule has 10 heteroatoms. The van der Waals surface area contributed by atoms with E-state index in [9.17, 15) is 9.90 Å². The molecule has 2 N–H and O–H groups in total. The van der Waals surface area contributed by atoms with Gasteiger partial charge in [-0.1, -0.05) is 12.5 Å². The van der Waals surface area contributed by atoms with Crippen molar-refractivity contribution in [2.24, 2.45) is 0 Å². The second-order valence-electron chi connectivity index (χ2n) is 10.5. The van der Waals surface area contributed by atoms with E-state index in [0.717, 1.165) is 43.0 Å². The van der Waals surface area contributed by atoms with Crippen molar-refractivity contribution in [3.05, 3.63) is 59.8 Å². The Morgan fingerprint density at radius 3 is 2.82 bits per heavy atom. The molecule has 2 fully saturated rings. The minimum absolute atomic E-state index is 0.107. The molecule has 6 rings (SSSR count). The van der Waals surface area contributed by atoms with Gasteiger partial charge in [0, 0.05) is 68.4 Å². The van der Waals surface area contributed by atoms with Crippen LogP contribution in [0.15, 0.2) is 48.7 Å². The van der Waals surface area contributed by atoms with Crippen molar-refractivity contribution in [2.75, 3.05) is 51.2 Å². The van der Waals surface area contributed by atoms with Crippen LogP contribution in [-0.4, -0.2) is 98.6 Å². The quantitative estimate of drug-likeness (QED) is 0.449. The molecule has 2 unspecified atom stereocenters. The predicted octanol–water partition coefficient (Wildman–Crippen LogP) is 3.18. The number of piperidine rings is 1. The van der Waals surface area contributed by atoms with Crippen molar-refractivity contribution in [2.45, 2.75) is 45.1 Å². The normalized spacial score (nSPS) is 21.4. The smallest absolute Gasteiger partial charge is 0.253 e. The number of benzene rings is 1. The summed E-state index contributed by atoms with van der Waals surface area (Å²) in [5, 5.41) is 18.0. The molecule has 2 aromatic heterocycles. The van der Waals surface area contributed by atoms with Crippen LogP contribution >= 0.6 is 0 Å². The zero-order valence-electron chi connectivity index (χ0n) is 22.5. The van der Waals surface area contributed by atoms with Crippen LogP contribution in [0.2, 0.25) is 0 Å². The van der Waals surface area contributed by atoms with Gasteiger partial charge < -0.3 is 20.1 Å². The summed E-state index contributed by atoms with van der Waals surface area (Å²) >= 11 is 0. The molecule has 2 saturated heterocycles. The third-order valence-electron chi connectivity index (χ3n) is 8.09. The number of nitrogens with zero attached hydrogens (tertiary/aromatic N) is 6. The summed E-state index contributed by atoms with van der Waals surface area (Å²) in [4.78, 5) is 24.4. The first-order valence-electron chi connectivity index (χ1n) is 14.1. The number of nitrogens with one attached hydrogen (secondary N) is 1. The van der Waals surface area contributed by atoms with Crippen LogP contribution in [0.3, 0.4) is 0 Å². The maximum atomic E-state index is 13.2. The lowest BCUT2D eigenvalue weighted by molar-refractivity contribution is -0.187. The summed E-state index contributed by atoms with van der Waals surface area (Å²) in [6, 6.07) is 12.1. The van der Waals surface area contributed by atoms with Crippen LogP contribution in [0, 0.1) is 0 Å². The average molecular weight is 532 g/mol. The molecule has 2 atom stereocenters. The monoisotopic (exact) mass is 531 g/mol. The Labute approximate surface area is 228 Å². The summed E-state index contributed by atoms with van der Waals surface area (Å²) in [6.07, 6.45) is 7.63. The number of piperazine rings is 1. The number of aliphatic hydroxyl groups excluding tert-OH is 1. The highest BCUT2D eigenvalue weighted by Gasteiger charge is 2.31. The molecular formula is C29H37N7O3. The molecule has 10 nitrogen and oxygen atoms in total. The van der Waals surface area contributed by atoms with Crippen molar-refractivity contribution < 1.29 is 14.6 Å². The van der Waals surface area contributed by atoms with Gasteiger partial charge in [-0.2, -0.15) is 4.98 Å². The Hall–Kier alpha value is -3.31. The van der Waals surface area contributed by atoms with E-state index < -0.39 is 6.41 Å². The number of pyridine rings is 1. The summed E-state index contributed by atoms with van der Waals surface area (Å²) in [7, 11) is 0. The van der Waals surface area contributed by atoms with Gasteiger partial charge in [0.25, 0.3) is 5.91 Å². The van der Waals surface area contributed by atoms with Crippen molar-refractivity contribution in [1.29, 1.82) is 0 Å². The van der Waals surface area contributed by atoms with Crippen molar-refractivity contribution >= 4 is 28.8 Å². The third kappa shape index (κ3) is 5.56. The number of aliphatic hydroxyl groups is 1. The Kier molecular flexibility index (Phi) is 7.60. The minimum Gasteiger partial charge on any atom is -0.356 e. The summed E-state index contributed by atoms with van der Waals surface area (Å²) in [5.74, 6) is 0.607. The molecule has 0 aliphatic carbocycles. The van der Waals surface area contributed by atoms with Gasteiger partial charge in [-0.15, -0.1) is 5.10 Å². The Bertz CT molecular complexity index is 1340. The van der Waals surface area contributed by atoms with Crippen molar-refractivity contribution in [3.8, 4) is 0 Å². The Balaban J connectivity index is 1.12. The van der Waals surface area contributed by atoms with E-state index in [1.165, 1.54) is 31.4 Å². The highest BCUT2D eigenvalue weighted by atomic mass is 16.6. The van der Waals surface area contributed by atoms with E-state index in [0.29, 0.717) is 37.3 Å². The second kappa shape index (κ2) is 11.4. The van der Waals surface area contributed by atoms with Gasteiger partial charge in [0.05, 0.1) is 0 Å². The molecular weight excluding hydrogens is 494 g/mol. The van der Waals surface area contributed by atoms with Crippen LogP contribution in [0.4, 0.5) is 11.6 Å². The van der Waals surface area contributed by atoms with Gasteiger partial charge in [-0.3, -0.25) is 14.6 Å². The molecule has 3 aliphatic rings. The lowest BCUT2D eigenvalue weighted by atomic mass is 9.99. The fourth-order valence-electron chi connectivity index (χ4n) is 5.94. The highest BCUT2D eigenvalue weighted by Crippen LogP contribution is 2.27. The zero-order chi connectivity index (χ0) is 26.8. The summed E-state index contributed by atoms with van der Waals surface area (Å²) in [5.41, 5.74) is 4.53. The molecule has 0 spiro atoms. The predicted molar refractivity (Wildman–Crippen MR) is 150 cm³/mol. The number of aromatic nitrogens is 3. The number of amides is 1. The maximum Gasteiger partial charge on any atom is 0.253 e. The van der Waals surface area contributed by atoms with E-state index in [2.05, 4.69) is 27.5 Å². The number of rotatable bonds is 7. The molecule has 1 amide bonds. The largest absolute Gasteiger partial charge is 0.356 e. The van der Waals surface area contributed by atoms with Gasteiger partial charge in [-0.05, 0) is 74.7 Å². The van der Waals surface area contributed by atoms with E-state index in [4.69, 9.17) is 9.72 Å². The molecule has 3 aliphatic heterocycles. The molecule has 5 heterocycles. The summed E-state index contributed by atoms with van der Waals surface area (Å²) in [6.45, 7) is 7.42. The average Bonchev–Trinajstić information content (AvgIpc) is 3.40. The molecule has 206 valence electrons. The Morgan fingerprint density at radius 2 is 2.03 bits per heavy atom. The number of anilines is 2. The maximum absolute atomic E-state index is 13.2. The molecule has 0 saturated carbocycles. The fourth-order valence-corrected chi connectivity index (χ4v) is 5.94. The molecule has 0 bridgehead atoms. The van der Waals surface area contributed by atoms with Gasteiger partial charge in [0.2, 0.25) is 12.4 Å². The first-order chi connectivity index (χ1) is 19.1. The number of ether oxygens (including phenoxy) is 1. The van der Waals surface area contributed by atoms with Crippen molar-refractivity contribution in [1.82, 2.24) is 29.3 Å². The van der Waals surface area contributed by atoms with Crippen LogP contribution in [0.1, 0.15) is 48.5 Å². The minimum atomic E-state index is -0.878. The van der Waals surface area contributed by atoms with E-state index in [-0.39, 0.29) is 5.91 Å². The zero-order valence-corrected chi connectivity index (χ0v) is 22.5. The van der Waals surface area contributed by atoms with Crippen LogP contribution in [0.5, 0.6) is 0 Å². The SMILES string of the molecule is CCOC(O)N1CC=C(c2cccn3nc(Nc4ccc(C(=O)N5CCN6CCCCC6C5)cc4)nc23)CC1. The van der Waals surface area contributed by atoms with Crippen LogP contribution in [-0.2, 0) is 4.74 Å². The topological polar surface area (TPSA) is 98.5 Å². The van der Waals surface area contributed by atoms with Crippen molar-refractivity contribution in [3.63, 3.8) is 0 Å². The van der Waals surface area contributed by atoms with Crippen LogP contribution in [0.25, 0.3) is 11.2 Å². The van der Waals surface area contributed by atoms with E-state index in [1.807, 2.05) is 53.3 Å². The number of fused-ring (bicyclic) bond motifs is 2. The molecule has 39 heavy (non-hydrogen) atoms. The number of carbonyl (C=O) groups is 1. The third-order valence-corrected chi connectivity index (χ3v) is 8.09. The molecule has 3 aromatic rings. The summed E-state index contributed by atoms with van der Waals surface area (Å²) < 4.78 is 7.10. The molecule has 1 aromatic carbocycles. The fraction of sp³-hybridized carbons (Fsp3) is 0.483. The second-order valence-corrected chi connectivity index (χ2v) is 10.5. The highest BCUT2D eigenvalue weighted by molar-refractivity contribution is 5.94. The Morgan fingerprint density at radius 1 is 1.15 bits per heavy atom. The number of hydrogen-bond donors (Lipinski definition) is 2. The lowest BCUT2D eigenvalue weighted by Gasteiger charge is -2.44. The standard InChI is InChI=1S/C29H37N7O3/c1-2-39-29(38)34-16-12-21(13-17-34)25-7-5-15-36-26(25)31-28(32-36)30-23-10-8-22(9-11-23)27(37)35-19-18-33-14-4-3-6-24(33)20-35/h5,7-12,15,24,29,38H,2-4,6,13-14,16-20H2,1H3,(H,30,32). The number of carbonyl (C=O) groups excluding carboxylic acids is 1. The van der Waals surface area contributed by atoms with Gasteiger partial charge in [-0.25, -0.2) is 4.52 Å². The lowest BCUT2D eigenvalue weighted by Crippen LogP contribution is -2.56. The van der Waals surface area contributed by atoms with E-state index in [1.54, 1.807) is 4.52 Å². The van der Waals surface area contributed by atoms with Crippen LogP contribution < -0.4 is 5.32 Å². The van der Waals surface area contributed by atoms with Gasteiger partial charge >= 0.3 is 0 Å². The molecule has 0 radical (unpaired) electrons. The first-order valence-corrected chi connectivity index (χ1v) is 14.1. The van der Waals surface area contributed by atoms with E-state index >= 15 is 0 Å².